The second kappa shape index (κ2) is 3.67. The Bertz CT molecular complexity index is 492. The Morgan fingerprint density at radius 3 is 2.93 bits per heavy atom. The largest absolute Gasteiger partial charge is 0.298 e. The molecular weight excluding hydrogens is 223 g/mol. The summed E-state index contributed by atoms with van der Waals surface area (Å²) in [6.07, 6.45) is 0.732. The van der Waals surface area contributed by atoms with Gasteiger partial charge in [-0.3, -0.25) is 4.79 Å². The normalized spacial score (nSPS) is 10.7. The van der Waals surface area contributed by atoms with E-state index in [1.165, 1.54) is 16.7 Å². The molecule has 0 saturated heterocycles. The van der Waals surface area contributed by atoms with E-state index in [-0.39, 0.29) is 11.7 Å². The number of hydrogen-bond donors (Lipinski definition) is 0. The van der Waals surface area contributed by atoms with Gasteiger partial charge in [-0.2, -0.15) is 0 Å². The van der Waals surface area contributed by atoms with Crippen molar-refractivity contribution >= 4 is 39.3 Å². The van der Waals surface area contributed by atoms with Crippen LogP contribution >= 0.6 is 22.9 Å². The van der Waals surface area contributed by atoms with Crippen LogP contribution in [0, 0.1) is 5.82 Å². The van der Waals surface area contributed by atoms with Crippen LogP contribution in [-0.4, -0.2) is 6.29 Å². The van der Waals surface area contributed by atoms with Crippen LogP contribution in [0.4, 0.5) is 4.39 Å². The second-order valence-corrected chi connectivity index (χ2v) is 4.00. The van der Waals surface area contributed by atoms with E-state index in [4.69, 9.17) is 11.6 Å². The van der Waals surface area contributed by atoms with Crippen molar-refractivity contribution in [2.24, 2.45) is 0 Å². The number of carbonyl (C=O) groups excluding carboxylic acids is 1. The number of aldehydes is 1. The SMILES string of the molecule is O=Cc1c(CCl)ccc2c(F)csc12. The van der Waals surface area contributed by atoms with Crippen molar-refractivity contribution in [2.45, 2.75) is 5.88 Å². The zero-order chi connectivity index (χ0) is 10.1. The number of thiophene rings is 1. The van der Waals surface area contributed by atoms with Crippen LogP contribution in [-0.2, 0) is 5.88 Å². The molecule has 0 aliphatic carbocycles. The van der Waals surface area contributed by atoms with Crippen molar-refractivity contribution in [3.8, 4) is 0 Å². The smallest absolute Gasteiger partial charge is 0.151 e. The standard InChI is InChI=1S/C10H6ClFOS/c11-3-6-1-2-7-9(12)5-14-10(7)8(6)4-13/h1-2,4-5H,3H2. The summed E-state index contributed by atoms with van der Waals surface area (Å²) in [5.41, 5.74) is 1.25. The van der Waals surface area contributed by atoms with Crippen LogP contribution in [0.1, 0.15) is 15.9 Å². The fourth-order valence-corrected chi connectivity index (χ4v) is 2.56. The van der Waals surface area contributed by atoms with E-state index in [0.29, 0.717) is 15.6 Å². The van der Waals surface area contributed by atoms with Gasteiger partial charge in [0, 0.05) is 26.9 Å². The summed E-state index contributed by atoms with van der Waals surface area (Å²) < 4.78 is 13.8. The molecule has 72 valence electrons. The third-order valence-electron chi connectivity index (χ3n) is 2.09. The topological polar surface area (TPSA) is 17.1 Å². The van der Waals surface area contributed by atoms with Gasteiger partial charge in [0.25, 0.3) is 0 Å². The predicted octanol–water partition coefficient (Wildman–Crippen LogP) is 3.59. The Morgan fingerprint density at radius 2 is 2.29 bits per heavy atom. The summed E-state index contributed by atoms with van der Waals surface area (Å²) in [5.74, 6) is -0.0157. The van der Waals surface area contributed by atoms with E-state index in [1.807, 2.05) is 0 Å². The molecule has 0 unspecified atom stereocenters. The summed E-state index contributed by atoms with van der Waals surface area (Å²) in [7, 11) is 0. The van der Waals surface area contributed by atoms with Crippen molar-refractivity contribution in [2.75, 3.05) is 0 Å². The predicted molar refractivity (Wildman–Crippen MR) is 56.7 cm³/mol. The van der Waals surface area contributed by atoms with Gasteiger partial charge in [0.2, 0.25) is 0 Å². The van der Waals surface area contributed by atoms with Gasteiger partial charge >= 0.3 is 0 Å². The minimum Gasteiger partial charge on any atom is -0.298 e. The summed E-state index contributed by atoms with van der Waals surface area (Å²) in [4.78, 5) is 10.8. The zero-order valence-corrected chi connectivity index (χ0v) is 8.66. The number of fused-ring (bicyclic) bond motifs is 1. The Kier molecular flexibility index (Phi) is 2.52. The lowest BCUT2D eigenvalue weighted by Crippen LogP contribution is -1.89. The van der Waals surface area contributed by atoms with Gasteiger partial charge < -0.3 is 0 Å². The molecule has 0 saturated carbocycles. The molecule has 0 bridgehead atoms. The van der Waals surface area contributed by atoms with Crippen LogP contribution in [0.15, 0.2) is 17.5 Å². The molecule has 0 spiro atoms. The third-order valence-corrected chi connectivity index (χ3v) is 3.37. The van der Waals surface area contributed by atoms with E-state index in [9.17, 15) is 9.18 Å². The van der Waals surface area contributed by atoms with Gasteiger partial charge in [-0.1, -0.05) is 12.1 Å². The Balaban J connectivity index is 2.84. The van der Waals surface area contributed by atoms with E-state index >= 15 is 0 Å². The molecule has 0 aliphatic heterocycles. The molecule has 14 heavy (non-hydrogen) atoms. The van der Waals surface area contributed by atoms with Crippen molar-refractivity contribution < 1.29 is 9.18 Å². The van der Waals surface area contributed by atoms with Crippen molar-refractivity contribution in [1.82, 2.24) is 0 Å². The highest BCUT2D eigenvalue weighted by Gasteiger charge is 2.10. The average molecular weight is 229 g/mol. The second-order valence-electron chi connectivity index (χ2n) is 2.85. The molecule has 0 N–H and O–H groups in total. The number of halogens is 2. The molecule has 1 aromatic heterocycles. The first-order chi connectivity index (χ1) is 6.77. The van der Waals surface area contributed by atoms with E-state index < -0.39 is 0 Å². The van der Waals surface area contributed by atoms with Gasteiger partial charge in [0.15, 0.2) is 6.29 Å². The molecule has 0 amide bonds. The van der Waals surface area contributed by atoms with Gasteiger partial charge in [0.1, 0.15) is 5.82 Å². The maximum Gasteiger partial charge on any atom is 0.151 e. The van der Waals surface area contributed by atoms with Gasteiger partial charge in [-0.25, -0.2) is 4.39 Å². The lowest BCUT2D eigenvalue weighted by atomic mass is 10.1. The number of carbonyl (C=O) groups is 1. The lowest BCUT2D eigenvalue weighted by molar-refractivity contribution is 0.112. The molecule has 0 atom stereocenters. The van der Waals surface area contributed by atoms with Crippen molar-refractivity contribution in [1.29, 1.82) is 0 Å². The summed E-state index contributed by atoms with van der Waals surface area (Å²) in [6, 6.07) is 3.35. The quantitative estimate of drug-likeness (QED) is 0.567. The van der Waals surface area contributed by atoms with Gasteiger partial charge in [-0.15, -0.1) is 22.9 Å². The fraction of sp³-hybridized carbons (Fsp3) is 0.100. The number of alkyl halides is 1. The maximum atomic E-state index is 13.2. The number of benzene rings is 1. The summed E-state index contributed by atoms with van der Waals surface area (Å²) in [6.45, 7) is 0. The first-order valence-electron chi connectivity index (χ1n) is 3.97. The Hall–Kier alpha value is -0.930. The van der Waals surface area contributed by atoms with Gasteiger partial charge in [-0.05, 0) is 5.56 Å². The molecule has 1 nitrogen and oxygen atoms in total. The Labute approximate surface area is 89.1 Å². The number of rotatable bonds is 2. The molecular formula is C10H6ClFOS. The monoisotopic (exact) mass is 228 g/mol. The van der Waals surface area contributed by atoms with Crippen LogP contribution in [0.3, 0.4) is 0 Å². The van der Waals surface area contributed by atoms with Gasteiger partial charge in [0.05, 0.1) is 0 Å². The molecule has 1 aromatic carbocycles. The summed E-state index contributed by atoms with van der Waals surface area (Å²) in [5, 5.41) is 1.89. The molecule has 2 rings (SSSR count). The number of hydrogen-bond acceptors (Lipinski definition) is 2. The highest BCUT2D eigenvalue weighted by atomic mass is 35.5. The highest BCUT2D eigenvalue weighted by Crippen LogP contribution is 2.29. The van der Waals surface area contributed by atoms with Crippen molar-refractivity contribution in [3.05, 3.63) is 34.5 Å². The molecule has 0 aliphatic rings. The molecule has 0 fully saturated rings. The lowest BCUT2D eigenvalue weighted by Gasteiger charge is -2.00. The molecule has 0 radical (unpaired) electrons. The Morgan fingerprint density at radius 1 is 1.50 bits per heavy atom. The fourth-order valence-electron chi connectivity index (χ4n) is 1.38. The molecule has 1 heterocycles. The van der Waals surface area contributed by atoms with E-state index in [2.05, 4.69) is 0 Å². The van der Waals surface area contributed by atoms with E-state index in [1.54, 1.807) is 12.1 Å². The third kappa shape index (κ3) is 1.33. The zero-order valence-electron chi connectivity index (χ0n) is 7.09. The minimum atomic E-state index is -0.283. The minimum absolute atomic E-state index is 0.267. The van der Waals surface area contributed by atoms with Crippen LogP contribution < -0.4 is 0 Å². The van der Waals surface area contributed by atoms with Crippen LogP contribution in [0.25, 0.3) is 10.1 Å². The first-order valence-corrected chi connectivity index (χ1v) is 5.39. The van der Waals surface area contributed by atoms with Crippen molar-refractivity contribution in [3.63, 3.8) is 0 Å². The van der Waals surface area contributed by atoms with Crippen LogP contribution in [0.2, 0.25) is 0 Å². The average Bonchev–Trinajstić information content (AvgIpc) is 2.59. The first kappa shape index (κ1) is 9.62. The summed E-state index contributed by atoms with van der Waals surface area (Å²) >= 11 is 6.90. The van der Waals surface area contributed by atoms with E-state index in [0.717, 1.165) is 11.8 Å². The molecule has 2 aromatic rings. The highest BCUT2D eigenvalue weighted by molar-refractivity contribution is 7.17. The molecule has 4 heteroatoms. The maximum absolute atomic E-state index is 13.2. The van der Waals surface area contributed by atoms with Crippen LogP contribution in [0.5, 0.6) is 0 Å².